The molecule has 3 heterocycles. The van der Waals surface area contributed by atoms with Gasteiger partial charge in [0.15, 0.2) is 5.65 Å². The molecule has 1 saturated carbocycles. The van der Waals surface area contributed by atoms with Crippen molar-refractivity contribution in [2.75, 3.05) is 31.5 Å². The van der Waals surface area contributed by atoms with Crippen LogP contribution in [0.2, 0.25) is 0 Å². The van der Waals surface area contributed by atoms with E-state index >= 15 is 0 Å². The maximum atomic E-state index is 14.8. The zero-order valence-electron chi connectivity index (χ0n) is 17.5. The lowest BCUT2D eigenvalue weighted by atomic mass is 9.93. The van der Waals surface area contributed by atoms with Crippen LogP contribution in [0, 0.1) is 5.82 Å². The lowest BCUT2D eigenvalue weighted by molar-refractivity contribution is 0.0946. The number of hydrogen-bond donors (Lipinski definition) is 2. The third-order valence-corrected chi connectivity index (χ3v) is 6.24. The first-order valence-electron chi connectivity index (χ1n) is 11.1. The second-order valence-corrected chi connectivity index (χ2v) is 8.40. The number of imidazole rings is 1. The molecule has 7 nitrogen and oxygen atoms in total. The topological polar surface area (TPSA) is 74.6 Å². The van der Waals surface area contributed by atoms with Crippen LogP contribution in [0.1, 0.15) is 42.5 Å². The molecule has 0 bridgehead atoms. The summed E-state index contributed by atoms with van der Waals surface area (Å²) in [6.07, 6.45) is 7.65. The second-order valence-electron chi connectivity index (χ2n) is 8.40. The van der Waals surface area contributed by atoms with E-state index in [4.69, 9.17) is 0 Å². The molecule has 2 fully saturated rings. The highest BCUT2D eigenvalue weighted by molar-refractivity contribution is 5.95. The van der Waals surface area contributed by atoms with Crippen LogP contribution in [0.3, 0.4) is 0 Å². The van der Waals surface area contributed by atoms with Gasteiger partial charge < -0.3 is 15.5 Å². The van der Waals surface area contributed by atoms with Crippen LogP contribution >= 0.6 is 0 Å². The summed E-state index contributed by atoms with van der Waals surface area (Å²) in [6, 6.07) is 8.95. The van der Waals surface area contributed by atoms with Crippen molar-refractivity contribution < 1.29 is 9.18 Å². The van der Waals surface area contributed by atoms with Gasteiger partial charge in [-0.1, -0.05) is 6.07 Å². The molecule has 5 rings (SSSR count). The number of aromatic nitrogens is 3. The van der Waals surface area contributed by atoms with E-state index in [-0.39, 0.29) is 11.5 Å². The number of halogens is 1. The highest BCUT2D eigenvalue weighted by Gasteiger charge is 2.19. The Morgan fingerprint density at radius 2 is 1.97 bits per heavy atom. The van der Waals surface area contributed by atoms with Gasteiger partial charge in [0.25, 0.3) is 5.91 Å². The van der Waals surface area contributed by atoms with E-state index < -0.39 is 5.82 Å². The van der Waals surface area contributed by atoms with E-state index in [0.717, 1.165) is 38.3 Å². The van der Waals surface area contributed by atoms with Crippen LogP contribution in [-0.4, -0.2) is 57.6 Å². The SMILES string of the molecule is O=C(NCCN1CCCC1)c1ccc(-c2cnc3ccc(NC4CCC4)nn23)cc1F. The number of fused-ring (bicyclic) bond motifs is 1. The molecule has 1 saturated heterocycles. The lowest BCUT2D eigenvalue weighted by Crippen LogP contribution is -2.33. The largest absolute Gasteiger partial charge is 0.366 e. The van der Waals surface area contributed by atoms with Crippen LogP contribution in [0.15, 0.2) is 36.5 Å². The quantitative estimate of drug-likeness (QED) is 0.611. The van der Waals surface area contributed by atoms with Crippen molar-refractivity contribution in [2.45, 2.75) is 38.1 Å². The molecule has 1 aromatic carbocycles. The maximum Gasteiger partial charge on any atom is 0.254 e. The number of carbonyl (C=O) groups excluding carboxylic acids is 1. The average molecular weight is 423 g/mol. The first-order valence-corrected chi connectivity index (χ1v) is 11.1. The molecule has 0 atom stereocenters. The van der Waals surface area contributed by atoms with E-state index in [1.54, 1.807) is 16.8 Å². The number of nitrogens with zero attached hydrogens (tertiary/aromatic N) is 4. The van der Waals surface area contributed by atoms with Crippen LogP contribution in [-0.2, 0) is 0 Å². The summed E-state index contributed by atoms with van der Waals surface area (Å²) in [4.78, 5) is 19.1. The van der Waals surface area contributed by atoms with E-state index in [0.29, 0.717) is 29.5 Å². The van der Waals surface area contributed by atoms with E-state index in [2.05, 4.69) is 25.6 Å². The standard InChI is InChI=1S/C23H27FN6O/c24-19-14-16(6-7-18(19)23(31)25-10-13-29-11-1-2-12-29)20-15-26-22-9-8-21(28-30(20)22)27-17-4-3-5-17/h6-9,14-15,17H,1-5,10-13H2,(H,25,31)(H,27,28). The molecule has 0 radical (unpaired) electrons. The molecule has 1 aliphatic heterocycles. The summed E-state index contributed by atoms with van der Waals surface area (Å²) in [5, 5.41) is 10.9. The molecule has 8 heteroatoms. The third kappa shape index (κ3) is 4.25. The van der Waals surface area contributed by atoms with Gasteiger partial charge in [0.2, 0.25) is 0 Å². The van der Waals surface area contributed by atoms with Crippen molar-refractivity contribution in [3.63, 3.8) is 0 Å². The van der Waals surface area contributed by atoms with Gasteiger partial charge in [-0.05, 0) is 69.5 Å². The number of benzene rings is 1. The molecular weight excluding hydrogens is 395 g/mol. The van der Waals surface area contributed by atoms with Gasteiger partial charge in [-0.2, -0.15) is 0 Å². The van der Waals surface area contributed by atoms with Crippen molar-refractivity contribution in [2.24, 2.45) is 0 Å². The first kappa shape index (κ1) is 19.9. The zero-order valence-corrected chi connectivity index (χ0v) is 17.5. The van der Waals surface area contributed by atoms with Crippen LogP contribution < -0.4 is 10.6 Å². The molecule has 2 N–H and O–H groups in total. The van der Waals surface area contributed by atoms with Crippen LogP contribution in [0.4, 0.5) is 10.2 Å². The van der Waals surface area contributed by atoms with E-state index in [1.165, 1.54) is 31.4 Å². The molecule has 1 aliphatic carbocycles. The molecule has 162 valence electrons. The monoisotopic (exact) mass is 422 g/mol. The third-order valence-electron chi connectivity index (χ3n) is 6.24. The zero-order chi connectivity index (χ0) is 21.2. The van der Waals surface area contributed by atoms with Gasteiger partial charge in [-0.15, -0.1) is 5.10 Å². The number of carbonyl (C=O) groups is 1. The summed E-state index contributed by atoms with van der Waals surface area (Å²) in [5.74, 6) is -0.146. The summed E-state index contributed by atoms with van der Waals surface area (Å²) < 4.78 is 16.5. The van der Waals surface area contributed by atoms with Gasteiger partial charge in [0.05, 0.1) is 17.5 Å². The second kappa shape index (κ2) is 8.63. The smallest absolute Gasteiger partial charge is 0.254 e. The van der Waals surface area contributed by atoms with Crippen molar-refractivity contribution in [1.29, 1.82) is 0 Å². The summed E-state index contributed by atoms with van der Waals surface area (Å²) in [5.41, 5.74) is 2.07. The van der Waals surface area contributed by atoms with Crippen LogP contribution in [0.5, 0.6) is 0 Å². The van der Waals surface area contributed by atoms with Gasteiger partial charge in [-0.3, -0.25) is 4.79 Å². The molecule has 31 heavy (non-hydrogen) atoms. The number of rotatable bonds is 7. The highest BCUT2D eigenvalue weighted by atomic mass is 19.1. The molecular formula is C23H27FN6O. The molecule has 2 aromatic heterocycles. The Balaban J connectivity index is 1.31. The van der Waals surface area contributed by atoms with Crippen molar-refractivity contribution >= 4 is 17.4 Å². The van der Waals surface area contributed by atoms with Crippen molar-refractivity contribution in [3.05, 3.63) is 47.9 Å². The van der Waals surface area contributed by atoms with Gasteiger partial charge in [0, 0.05) is 24.7 Å². The Kier molecular flexibility index (Phi) is 5.55. The highest BCUT2D eigenvalue weighted by Crippen LogP contribution is 2.25. The Hall–Kier alpha value is -3.00. The Morgan fingerprint density at radius 1 is 1.13 bits per heavy atom. The van der Waals surface area contributed by atoms with E-state index in [1.807, 2.05) is 12.1 Å². The van der Waals surface area contributed by atoms with Crippen LogP contribution in [0.25, 0.3) is 16.9 Å². The van der Waals surface area contributed by atoms with Crippen molar-refractivity contribution in [1.82, 2.24) is 24.8 Å². The number of hydrogen-bond acceptors (Lipinski definition) is 5. The minimum Gasteiger partial charge on any atom is -0.366 e. The molecule has 2 aliphatic rings. The average Bonchev–Trinajstić information content (AvgIpc) is 3.40. The predicted octanol–water partition coefficient (Wildman–Crippen LogP) is 3.33. The minimum absolute atomic E-state index is 0.0549. The number of likely N-dealkylation sites (tertiary alicyclic amines) is 1. The minimum atomic E-state index is -0.546. The van der Waals surface area contributed by atoms with Crippen molar-refractivity contribution in [3.8, 4) is 11.3 Å². The molecule has 0 spiro atoms. The summed E-state index contributed by atoms with van der Waals surface area (Å²) >= 11 is 0. The Labute approximate surface area is 180 Å². The number of anilines is 1. The molecule has 0 unspecified atom stereocenters. The first-order chi connectivity index (χ1) is 15.2. The summed E-state index contributed by atoms with van der Waals surface area (Å²) in [7, 11) is 0. The Morgan fingerprint density at radius 3 is 2.71 bits per heavy atom. The van der Waals surface area contributed by atoms with Gasteiger partial charge in [0.1, 0.15) is 11.6 Å². The number of amides is 1. The predicted molar refractivity (Wildman–Crippen MR) is 118 cm³/mol. The fraction of sp³-hybridized carbons (Fsp3) is 0.435. The lowest BCUT2D eigenvalue weighted by Gasteiger charge is -2.26. The molecule has 3 aromatic rings. The maximum absolute atomic E-state index is 14.8. The fourth-order valence-corrected chi connectivity index (χ4v) is 4.20. The van der Waals surface area contributed by atoms with E-state index in [9.17, 15) is 9.18 Å². The fourth-order valence-electron chi connectivity index (χ4n) is 4.20. The van der Waals surface area contributed by atoms with Gasteiger partial charge >= 0.3 is 0 Å². The van der Waals surface area contributed by atoms with Gasteiger partial charge in [-0.25, -0.2) is 13.9 Å². The molecule has 1 amide bonds. The Bertz CT molecular complexity index is 1090. The number of nitrogens with one attached hydrogen (secondary N) is 2. The normalized spacial score (nSPS) is 17.1. The summed E-state index contributed by atoms with van der Waals surface area (Å²) in [6.45, 7) is 3.47.